The van der Waals surface area contributed by atoms with Crippen LogP contribution < -0.4 is 11.7 Å². The highest BCUT2D eigenvalue weighted by atomic mass is 16.4. The van der Waals surface area contributed by atoms with Crippen molar-refractivity contribution in [3.63, 3.8) is 0 Å². The van der Waals surface area contributed by atoms with Crippen LogP contribution in [-0.2, 0) is 11.2 Å². The van der Waals surface area contributed by atoms with E-state index in [4.69, 9.17) is 5.11 Å². The highest BCUT2D eigenvalue weighted by Crippen LogP contribution is 1.93. The highest BCUT2D eigenvalue weighted by molar-refractivity contribution is 5.69. The first-order valence-corrected chi connectivity index (χ1v) is 3.24. The Morgan fingerprint density at radius 3 is 2.58 bits per heavy atom. The maximum atomic E-state index is 10.1. The summed E-state index contributed by atoms with van der Waals surface area (Å²) in [5, 5.41) is 8.33. The van der Waals surface area contributed by atoms with Crippen molar-refractivity contribution in [2.75, 3.05) is 0 Å². The van der Waals surface area contributed by atoms with Gasteiger partial charge in [-0.25, -0.2) is 0 Å². The summed E-state index contributed by atoms with van der Waals surface area (Å²) in [5.74, 6) is 7.15. The zero-order valence-corrected chi connectivity index (χ0v) is 6.47. The minimum absolute atomic E-state index is 0.000833. The van der Waals surface area contributed by atoms with E-state index < -0.39 is 5.97 Å². The molecule has 1 aromatic heterocycles. The Morgan fingerprint density at radius 2 is 2.17 bits per heavy atom. The number of pyridine rings is 1. The monoisotopic (exact) mass is 169 g/mol. The molecule has 0 aliphatic rings. The minimum Gasteiger partial charge on any atom is -0.481 e. The lowest BCUT2D eigenvalue weighted by molar-refractivity contribution is -0.136. The molecular formula is C7H11N3O2. The summed E-state index contributed by atoms with van der Waals surface area (Å²) in [7, 11) is 0. The van der Waals surface area contributed by atoms with E-state index in [1.807, 2.05) is 0 Å². The number of aromatic nitrogens is 1. The van der Waals surface area contributed by atoms with Crippen LogP contribution in [0.15, 0.2) is 24.4 Å². The Morgan fingerprint density at radius 1 is 1.50 bits per heavy atom. The Labute approximate surface area is 70.0 Å². The van der Waals surface area contributed by atoms with E-state index in [1.165, 1.54) is 0 Å². The predicted molar refractivity (Wildman–Crippen MR) is 44.0 cm³/mol. The number of hydrogen-bond acceptors (Lipinski definition) is 4. The van der Waals surface area contributed by atoms with Gasteiger partial charge in [0.1, 0.15) is 0 Å². The van der Waals surface area contributed by atoms with Gasteiger partial charge in [-0.1, -0.05) is 6.07 Å². The van der Waals surface area contributed by atoms with Gasteiger partial charge in [0.15, 0.2) is 0 Å². The van der Waals surface area contributed by atoms with Crippen LogP contribution >= 0.6 is 0 Å². The third-order valence-corrected chi connectivity index (χ3v) is 1.06. The number of aliphatic carboxylic acids is 1. The molecule has 1 heterocycles. The molecular weight excluding hydrogens is 158 g/mol. The van der Waals surface area contributed by atoms with E-state index in [9.17, 15) is 4.79 Å². The first kappa shape index (κ1) is 10.5. The summed E-state index contributed by atoms with van der Waals surface area (Å²) in [6, 6.07) is 5.21. The molecule has 0 aliphatic heterocycles. The van der Waals surface area contributed by atoms with E-state index in [-0.39, 0.29) is 6.42 Å². The normalized spacial score (nSPS) is 8.17. The van der Waals surface area contributed by atoms with Crippen LogP contribution in [-0.4, -0.2) is 16.1 Å². The minimum atomic E-state index is -0.848. The largest absolute Gasteiger partial charge is 0.481 e. The van der Waals surface area contributed by atoms with Gasteiger partial charge in [0.2, 0.25) is 0 Å². The molecule has 0 saturated heterocycles. The molecule has 0 spiro atoms. The molecule has 5 heteroatoms. The van der Waals surface area contributed by atoms with E-state index in [2.05, 4.69) is 16.7 Å². The summed E-state index contributed by atoms with van der Waals surface area (Å²) >= 11 is 0. The second-order valence-electron chi connectivity index (χ2n) is 1.89. The quantitative estimate of drug-likeness (QED) is 0.410. The first-order valence-electron chi connectivity index (χ1n) is 3.24. The number of carbonyl (C=O) groups is 1. The standard InChI is InChI=1S/C7H7NO2.H4N2/c9-7(10)5-6-3-1-2-4-8-6;1-2/h1-4H,5H2,(H,9,10);1-2H2. The van der Waals surface area contributed by atoms with Crippen LogP contribution in [0.4, 0.5) is 0 Å². The second-order valence-corrected chi connectivity index (χ2v) is 1.89. The van der Waals surface area contributed by atoms with Crippen molar-refractivity contribution >= 4 is 5.97 Å². The number of hydrogen-bond donors (Lipinski definition) is 3. The van der Waals surface area contributed by atoms with Gasteiger partial charge in [0, 0.05) is 6.20 Å². The summed E-state index contributed by atoms with van der Waals surface area (Å²) < 4.78 is 0. The lowest BCUT2D eigenvalue weighted by Crippen LogP contribution is -2.02. The molecule has 12 heavy (non-hydrogen) atoms. The van der Waals surface area contributed by atoms with Crippen molar-refractivity contribution < 1.29 is 9.90 Å². The second kappa shape index (κ2) is 6.26. The van der Waals surface area contributed by atoms with Crippen LogP contribution in [0.3, 0.4) is 0 Å². The Kier molecular flexibility index (Phi) is 5.50. The molecule has 0 aliphatic carbocycles. The average molecular weight is 169 g/mol. The fraction of sp³-hybridized carbons (Fsp3) is 0.143. The molecule has 0 fully saturated rings. The van der Waals surface area contributed by atoms with Crippen LogP contribution in [0, 0.1) is 0 Å². The zero-order chi connectivity index (χ0) is 9.40. The van der Waals surface area contributed by atoms with E-state index in [0.717, 1.165) is 0 Å². The van der Waals surface area contributed by atoms with Crippen LogP contribution in [0.25, 0.3) is 0 Å². The maximum Gasteiger partial charge on any atom is 0.309 e. The van der Waals surface area contributed by atoms with Gasteiger partial charge in [-0.15, -0.1) is 0 Å². The Hall–Kier alpha value is -1.46. The van der Waals surface area contributed by atoms with Crippen molar-refractivity contribution in [2.45, 2.75) is 6.42 Å². The SMILES string of the molecule is NN.O=C(O)Cc1ccccn1. The van der Waals surface area contributed by atoms with Crippen LogP contribution in [0.5, 0.6) is 0 Å². The molecule has 66 valence electrons. The first-order chi connectivity index (χ1) is 5.79. The van der Waals surface area contributed by atoms with Crippen molar-refractivity contribution in [1.29, 1.82) is 0 Å². The van der Waals surface area contributed by atoms with Crippen molar-refractivity contribution in [3.05, 3.63) is 30.1 Å². The third-order valence-electron chi connectivity index (χ3n) is 1.06. The average Bonchev–Trinajstić information content (AvgIpc) is 2.08. The summed E-state index contributed by atoms with van der Waals surface area (Å²) in [4.78, 5) is 14.0. The Balaban J connectivity index is 0.000000561. The number of hydrazine groups is 1. The summed E-state index contributed by atoms with van der Waals surface area (Å²) in [6.45, 7) is 0. The fourth-order valence-corrected chi connectivity index (χ4v) is 0.658. The third kappa shape index (κ3) is 4.37. The van der Waals surface area contributed by atoms with Gasteiger partial charge in [-0.2, -0.15) is 0 Å². The smallest absolute Gasteiger partial charge is 0.309 e. The van der Waals surface area contributed by atoms with Gasteiger partial charge >= 0.3 is 5.97 Å². The lowest BCUT2D eigenvalue weighted by atomic mass is 10.3. The molecule has 0 aromatic carbocycles. The van der Waals surface area contributed by atoms with Gasteiger partial charge in [-0.05, 0) is 12.1 Å². The number of rotatable bonds is 2. The summed E-state index contributed by atoms with van der Waals surface area (Å²) in [5.41, 5.74) is 0.593. The lowest BCUT2D eigenvalue weighted by Gasteiger charge is -1.91. The maximum absolute atomic E-state index is 10.1. The molecule has 0 unspecified atom stereocenters. The molecule has 0 radical (unpaired) electrons. The number of carboxylic acid groups (broad SMARTS) is 1. The van der Waals surface area contributed by atoms with E-state index in [0.29, 0.717) is 5.69 Å². The molecule has 0 atom stereocenters. The number of nitrogens with two attached hydrogens (primary N) is 2. The van der Waals surface area contributed by atoms with Gasteiger partial charge in [0.05, 0.1) is 12.1 Å². The van der Waals surface area contributed by atoms with Gasteiger partial charge < -0.3 is 5.11 Å². The molecule has 5 nitrogen and oxygen atoms in total. The predicted octanol–water partition coefficient (Wildman–Crippen LogP) is -0.472. The Bertz CT molecular complexity index is 225. The van der Waals surface area contributed by atoms with E-state index in [1.54, 1.807) is 24.4 Å². The van der Waals surface area contributed by atoms with Gasteiger partial charge in [-0.3, -0.25) is 21.5 Å². The number of carboxylic acids is 1. The highest BCUT2D eigenvalue weighted by Gasteiger charge is 1.98. The molecule has 5 N–H and O–H groups in total. The fourth-order valence-electron chi connectivity index (χ4n) is 0.658. The van der Waals surface area contributed by atoms with E-state index >= 15 is 0 Å². The molecule has 0 amide bonds. The van der Waals surface area contributed by atoms with Crippen molar-refractivity contribution in [3.8, 4) is 0 Å². The zero-order valence-electron chi connectivity index (χ0n) is 6.47. The van der Waals surface area contributed by atoms with Crippen molar-refractivity contribution in [1.82, 2.24) is 4.98 Å². The number of nitrogens with zero attached hydrogens (tertiary/aromatic N) is 1. The molecule has 1 rings (SSSR count). The topological polar surface area (TPSA) is 102 Å². The molecule has 0 saturated carbocycles. The molecule has 1 aromatic rings. The summed E-state index contributed by atoms with van der Waals surface area (Å²) in [6.07, 6.45) is 1.58. The molecule has 0 bridgehead atoms. The van der Waals surface area contributed by atoms with Crippen LogP contribution in [0.1, 0.15) is 5.69 Å². The van der Waals surface area contributed by atoms with Crippen molar-refractivity contribution in [2.24, 2.45) is 11.7 Å². The van der Waals surface area contributed by atoms with Crippen LogP contribution in [0.2, 0.25) is 0 Å². The van der Waals surface area contributed by atoms with Gasteiger partial charge in [0.25, 0.3) is 0 Å².